The molecule has 2 aromatic heterocycles. The van der Waals surface area contributed by atoms with Crippen LogP contribution in [0.3, 0.4) is 0 Å². The van der Waals surface area contributed by atoms with Gasteiger partial charge in [0.15, 0.2) is 0 Å². The highest BCUT2D eigenvalue weighted by Gasteiger charge is 2.20. The van der Waals surface area contributed by atoms with E-state index in [1.54, 1.807) is 62.5 Å². The highest BCUT2D eigenvalue weighted by molar-refractivity contribution is 6.03. The molecule has 0 saturated carbocycles. The molecule has 0 aliphatic rings. The maximum absolute atomic E-state index is 13.5. The van der Waals surface area contributed by atoms with E-state index in [-0.39, 0.29) is 17.3 Å². The molecule has 3 aromatic carbocycles. The molecule has 0 aliphatic heterocycles. The summed E-state index contributed by atoms with van der Waals surface area (Å²) in [5.74, 6) is 0.0664. The zero-order valence-electron chi connectivity index (χ0n) is 22.8. The number of halogens is 1. The number of nitrogens with one attached hydrogen (secondary N) is 1. The van der Waals surface area contributed by atoms with Crippen molar-refractivity contribution in [3.63, 3.8) is 0 Å². The molecule has 0 unspecified atom stereocenters. The lowest BCUT2D eigenvalue weighted by molar-refractivity contribution is 0.102. The van der Waals surface area contributed by atoms with E-state index >= 15 is 0 Å². The van der Waals surface area contributed by atoms with Gasteiger partial charge in [-0.2, -0.15) is 5.26 Å². The molecule has 210 valence electrons. The van der Waals surface area contributed by atoms with Gasteiger partial charge in [-0.15, -0.1) is 0 Å². The van der Waals surface area contributed by atoms with E-state index in [0.29, 0.717) is 39.4 Å². The average Bonchev–Trinajstić information content (AvgIpc) is 2.98. The van der Waals surface area contributed by atoms with Crippen LogP contribution < -0.4 is 26.0 Å². The van der Waals surface area contributed by atoms with Crippen LogP contribution in [0.5, 0.6) is 17.2 Å². The number of pyridine rings is 1. The van der Waals surface area contributed by atoms with Crippen molar-refractivity contribution in [2.75, 3.05) is 12.4 Å². The summed E-state index contributed by atoms with van der Waals surface area (Å²) < 4.78 is 26.9. The summed E-state index contributed by atoms with van der Waals surface area (Å²) in [6, 6.07) is 18.0. The lowest BCUT2D eigenvalue weighted by atomic mass is 10.1. The normalized spacial score (nSPS) is 10.9. The zero-order chi connectivity index (χ0) is 30.0. The van der Waals surface area contributed by atoms with E-state index in [2.05, 4.69) is 16.4 Å². The van der Waals surface area contributed by atoms with Gasteiger partial charge < -0.3 is 14.8 Å². The number of anilines is 1. The molecule has 0 spiro atoms. The van der Waals surface area contributed by atoms with Gasteiger partial charge in [0.1, 0.15) is 34.7 Å². The lowest BCUT2D eigenvalue weighted by Gasteiger charge is -2.16. The Bertz CT molecular complexity index is 1970. The molecular weight excluding hydrogens is 541 g/mol. The Hall–Kier alpha value is -5.76. The molecule has 42 heavy (non-hydrogen) atoms. The summed E-state index contributed by atoms with van der Waals surface area (Å²) in [7, 11) is 1.48. The number of hydrogen-bond donors (Lipinski definition) is 1. The minimum absolute atomic E-state index is 0.140. The van der Waals surface area contributed by atoms with Crippen molar-refractivity contribution in [3.8, 4) is 29.0 Å². The molecule has 0 radical (unpaired) electrons. The van der Waals surface area contributed by atoms with Crippen molar-refractivity contribution in [1.82, 2.24) is 14.1 Å². The first-order chi connectivity index (χ1) is 20.2. The Kier molecular flexibility index (Phi) is 7.53. The van der Waals surface area contributed by atoms with Crippen LogP contribution in [0.15, 0.2) is 88.7 Å². The fraction of sp³-hybridized carbons (Fsp3) is 0.129. The monoisotopic (exact) mass is 565 g/mol. The highest BCUT2D eigenvalue weighted by Crippen LogP contribution is 2.33. The number of hydrogen-bond acceptors (Lipinski definition) is 7. The van der Waals surface area contributed by atoms with Gasteiger partial charge >= 0.3 is 5.69 Å². The topological polar surface area (TPSA) is 128 Å². The fourth-order valence-corrected chi connectivity index (χ4v) is 4.34. The number of nitrogens with zero attached hydrogens (tertiary/aromatic N) is 4. The van der Waals surface area contributed by atoms with Crippen molar-refractivity contribution in [1.29, 1.82) is 5.26 Å². The van der Waals surface area contributed by atoms with Crippen LogP contribution in [-0.2, 0) is 0 Å². The maximum atomic E-state index is 13.5. The fourth-order valence-electron chi connectivity index (χ4n) is 4.34. The van der Waals surface area contributed by atoms with Gasteiger partial charge in [-0.05, 0) is 74.5 Å². The zero-order valence-corrected chi connectivity index (χ0v) is 22.8. The molecule has 5 rings (SSSR count). The third-order valence-electron chi connectivity index (χ3n) is 6.48. The molecule has 11 heteroatoms. The van der Waals surface area contributed by atoms with Crippen LogP contribution in [0.4, 0.5) is 10.1 Å². The van der Waals surface area contributed by atoms with Gasteiger partial charge in [0.25, 0.3) is 11.5 Å². The first kappa shape index (κ1) is 27.8. The third kappa shape index (κ3) is 5.33. The molecule has 0 aliphatic carbocycles. The number of benzene rings is 3. The first-order valence-corrected chi connectivity index (χ1v) is 12.8. The molecule has 1 N–H and O–H groups in total. The highest BCUT2D eigenvalue weighted by atomic mass is 19.1. The molecular formula is C31H24FN5O5. The minimum Gasteiger partial charge on any atom is -0.495 e. The summed E-state index contributed by atoms with van der Waals surface area (Å²) in [4.78, 5) is 43.9. The molecule has 0 saturated heterocycles. The second-order valence-corrected chi connectivity index (χ2v) is 9.51. The Balaban J connectivity index is 1.42. The number of nitriles is 1. The van der Waals surface area contributed by atoms with Crippen LogP contribution in [0.25, 0.3) is 16.6 Å². The van der Waals surface area contributed by atoms with Gasteiger partial charge in [-0.3, -0.25) is 19.1 Å². The molecule has 2 heterocycles. The molecule has 1 amide bonds. The van der Waals surface area contributed by atoms with Crippen LogP contribution in [-0.4, -0.2) is 27.1 Å². The van der Waals surface area contributed by atoms with E-state index in [9.17, 15) is 24.0 Å². The number of methoxy groups -OCH3 is 1. The number of ether oxygens (including phenoxy) is 2. The smallest absolute Gasteiger partial charge is 0.335 e. The summed E-state index contributed by atoms with van der Waals surface area (Å²) >= 11 is 0. The predicted octanol–water partition coefficient (Wildman–Crippen LogP) is 5.19. The van der Waals surface area contributed by atoms with E-state index in [4.69, 9.17) is 9.47 Å². The number of carbonyl (C=O) groups is 1. The standard InChI is InChI=1S/C31H24FN5O5/c1-18(2)36-17-25(30(39)37(31(36)40)22-8-4-20(32)5-9-22)29(38)35-21-6-10-23(11-7-21)42-27-12-13-34-26-15-28(41-3)19(16-33)14-24(26)27/h4-15,17-18H,1-3H3,(H,35,38). The van der Waals surface area contributed by atoms with Crippen LogP contribution in [0.1, 0.15) is 35.8 Å². The van der Waals surface area contributed by atoms with Crippen molar-refractivity contribution < 1.29 is 18.7 Å². The SMILES string of the molecule is COc1cc2nccc(Oc3ccc(NC(=O)c4cn(C(C)C)c(=O)n(-c5ccc(F)cc5)c4=O)cc3)c2cc1C#N. The van der Waals surface area contributed by atoms with Crippen LogP contribution in [0, 0.1) is 17.1 Å². The largest absolute Gasteiger partial charge is 0.495 e. The molecule has 0 atom stereocenters. The van der Waals surface area contributed by atoms with E-state index in [0.717, 1.165) is 16.7 Å². The number of carbonyl (C=O) groups excluding carboxylic acids is 1. The summed E-state index contributed by atoms with van der Waals surface area (Å²) in [5, 5.41) is 12.7. The number of rotatable bonds is 7. The van der Waals surface area contributed by atoms with Gasteiger partial charge in [0, 0.05) is 35.6 Å². The number of amides is 1. The summed E-state index contributed by atoms with van der Waals surface area (Å²) in [5.41, 5.74) is -0.314. The van der Waals surface area contributed by atoms with Gasteiger partial charge in [0.05, 0.1) is 23.9 Å². The van der Waals surface area contributed by atoms with Gasteiger partial charge in [-0.1, -0.05) is 0 Å². The Morgan fingerprint density at radius 3 is 2.38 bits per heavy atom. The summed E-state index contributed by atoms with van der Waals surface area (Å²) in [6.07, 6.45) is 2.80. The van der Waals surface area contributed by atoms with E-state index in [1.807, 2.05) is 0 Å². The number of aromatic nitrogens is 3. The Morgan fingerprint density at radius 2 is 1.74 bits per heavy atom. The Labute approximate surface area is 238 Å². The molecule has 0 fully saturated rings. The Morgan fingerprint density at radius 1 is 1.02 bits per heavy atom. The number of fused-ring (bicyclic) bond motifs is 1. The first-order valence-electron chi connectivity index (χ1n) is 12.8. The van der Waals surface area contributed by atoms with Crippen LogP contribution in [0.2, 0.25) is 0 Å². The molecule has 10 nitrogen and oxygen atoms in total. The van der Waals surface area contributed by atoms with E-state index in [1.165, 1.54) is 30.0 Å². The maximum Gasteiger partial charge on any atom is 0.335 e. The predicted molar refractivity (Wildman–Crippen MR) is 154 cm³/mol. The summed E-state index contributed by atoms with van der Waals surface area (Å²) in [6.45, 7) is 3.48. The molecule has 5 aromatic rings. The second kappa shape index (κ2) is 11.4. The van der Waals surface area contributed by atoms with Crippen molar-refractivity contribution in [2.45, 2.75) is 19.9 Å². The van der Waals surface area contributed by atoms with E-state index < -0.39 is 23.0 Å². The van der Waals surface area contributed by atoms with Crippen molar-refractivity contribution in [3.05, 3.63) is 117 Å². The van der Waals surface area contributed by atoms with Gasteiger partial charge in [-0.25, -0.2) is 13.8 Å². The second-order valence-electron chi connectivity index (χ2n) is 9.51. The lowest BCUT2D eigenvalue weighted by Crippen LogP contribution is -2.42. The third-order valence-corrected chi connectivity index (χ3v) is 6.48. The molecule has 0 bridgehead atoms. The van der Waals surface area contributed by atoms with Crippen LogP contribution >= 0.6 is 0 Å². The quantitative estimate of drug-likeness (QED) is 0.288. The average molecular weight is 566 g/mol. The van der Waals surface area contributed by atoms with Crippen molar-refractivity contribution in [2.24, 2.45) is 0 Å². The minimum atomic E-state index is -0.834. The van der Waals surface area contributed by atoms with Gasteiger partial charge in [0.2, 0.25) is 0 Å². The van der Waals surface area contributed by atoms with Crippen molar-refractivity contribution >= 4 is 22.5 Å².